The van der Waals surface area contributed by atoms with Crippen molar-refractivity contribution in [2.75, 3.05) is 19.7 Å². The number of aromatic nitrogens is 4. The summed E-state index contributed by atoms with van der Waals surface area (Å²) in [6, 6.07) is 0. The van der Waals surface area contributed by atoms with Crippen LogP contribution < -0.4 is 0 Å². The summed E-state index contributed by atoms with van der Waals surface area (Å²) >= 11 is 1.66. The van der Waals surface area contributed by atoms with E-state index in [2.05, 4.69) is 31.7 Å². The average Bonchev–Trinajstić information content (AvgIpc) is 3.11. The average molecular weight is 319 g/mol. The summed E-state index contributed by atoms with van der Waals surface area (Å²) in [5, 5.41) is 11.9. The van der Waals surface area contributed by atoms with Gasteiger partial charge in [0.15, 0.2) is 0 Å². The molecule has 2 aromatic heterocycles. The molecule has 118 valence electrons. The Morgan fingerprint density at radius 1 is 1.36 bits per heavy atom. The van der Waals surface area contributed by atoms with Crippen LogP contribution in [-0.2, 0) is 18.3 Å². The van der Waals surface area contributed by atoms with E-state index in [0.717, 1.165) is 42.9 Å². The lowest BCUT2D eigenvalue weighted by Gasteiger charge is -2.31. The highest BCUT2D eigenvalue weighted by atomic mass is 32.1. The molecule has 6 nitrogen and oxygen atoms in total. The van der Waals surface area contributed by atoms with Gasteiger partial charge in [-0.25, -0.2) is 4.98 Å². The van der Waals surface area contributed by atoms with Crippen LogP contribution in [0.25, 0.3) is 0 Å². The number of morpholine rings is 1. The normalized spacial score (nSPS) is 23.6. The maximum atomic E-state index is 5.85. The van der Waals surface area contributed by atoms with E-state index in [1.165, 1.54) is 19.3 Å². The zero-order valence-corrected chi connectivity index (χ0v) is 13.6. The highest BCUT2D eigenvalue weighted by Crippen LogP contribution is 2.35. The summed E-state index contributed by atoms with van der Waals surface area (Å²) in [5.41, 5.74) is 0. The maximum Gasteiger partial charge on any atom is 0.146 e. The summed E-state index contributed by atoms with van der Waals surface area (Å²) < 4.78 is 8.05. The third kappa shape index (κ3) is 2.68. The molecular weight excluding hydrogens is 298 g/mol. The van der Waals surface area contributed by atoms with Crippen molar-refractivity contribution in [2.24, 2.45) is 7.05 Å². The van der Waals surface area contributed by atoms with Crippen LogP contribution in [0.3, 0.4) is 0 Å². The highest BCUT2D eigenvalue weighted by molar-refractivity contribution is 7.09. The predicted molar refractivity (Wildman–Crippen MR) is 83.7 cm³/mol. The Morgan fingerprint density at radius 3 is 3.00 bits per heavy atom. The first-order valence-corrected chi connectivity index (χ1v) is 8.80. The predicted octanol–water partition coefficient (Wildman–Crippen LogP) is 2.11. The molecule has 0 unspecified atom stereocenters. The van der Waals surface area contributed by atoms with Crippen LogP contribution in [0.4, 0.5) is 0 Å². The van der Waals surface area contributed by atoms with E-state index < -0.39 is 0 Å². The van der Waals surface area contributed by atoms with E-state index in [-0.39, 0.29) is 6.10 Å². The highest BCUT2D eigenvalue weighted by Gasteiger charge is 2.28. The molecule has 1 saturated carbocycles. The molecule has 22 heavy (non-hydrogen) atoms. The van der Waals surface area contributed by atoms with Crippen molar-refractivity contribution < 1.29 is 4.74 Å². The number of nitrogens with zero attached hydrogens (tertiary/aromatic N) is 5. The minimum Gasteiger partial charge on any atom is -0.368 e. The fourth-order valence-electron chi connectivity index (χ4n) is 3.12. The minimum atomic E-state index is 0.0908. The molecule has 0 radical (unpaired) electrons. The Hall–Kier alpha value is -1.31. The molecule has 1 aliphatic heterocycles. The van der Waals surface area contributed by atoms with E-state index in [4.69, 9.17) is 4.74 Å². The SMILES string of the molecule is Cn1c(CN2CCO[C@H](c3nccs3)C2)nnc1C1CCC1. The van der Waals surface area contributed by atoms with E-state index in [1.807, 2.05) is 11.6 Å². The van der Waals surface area contributed by atoms with Gasteiger partial charge in [0.25, 0.3) is 0 Å². The quantitative estimate of drug-likeness (QED) is 0.864. The largest absolute Gasteiger partial charge is 0.368 e. The molecule has 1 aliphatic carbocycles. The topological polar surface area (TPSA) is 56.1 Å². The molecule has 3 heterocycles. The van der Waals surface area contributed by atoms with Gasteiger partial charge in [-0.15, -0.1) is 21.5 Å². The first-order chi connectivity index (χ1) is 10.8. The first kappa shape index (κ1) is 14.3. The Morgan fingerprint density at radius 2 is 2.27 bits per heavy atom. The molecule has 7 heteroatoms. The van der Waals surface area contributed by atoms with Crippen LogP contribution in [-0.4, -0.2) is 44.3 Å². The molecule has 1 saturated heterocycles. The van der Waals surface area contributed by atoms with Crippen molar-refractivity contribution in [1.29, 1.82) is 0 Å². The van der Waals surface area contributed by atoms with E-state index in [1.54, 1.807) is 11.3 Å². The summed E-state index contributed by atoms with van der Waals surface area (Å²) in [7, 11) is 2.10. The fraction of sp³-hybridized carbons (Fsp3) is 0.667. The maximum absolute atomic E-state index is 5.85. The summed E-state index contributed by atoms with van der Waals surface area (Å²) in [5.74, 6) is 2.84. The van der Waals surface area contributed by atoms with Crippen molar-refractivity contribution in [3.8, 4) is 0 Å². The molecule has 0 N–H and O–H groups in total. The number of hydrogen-bond acceptors (Lipinski definition) is 6. The van der Waals surface area contributed by atoms with Gasteiger partial charge in [0.05, 0.1) is 13.2 Å². The second-order valence-corrected chi connectivity index (χ2v) is 7.05. The molecule has 1 atom stereocenters. The fourth-order valence-corrected chi connectivity index (χ4v) is 3.80. The van der Waals surface area contributed by atoms with Crippen LogP contribution >= 0.6 is 11.3 Å². The van der Waals surface area contributed by atoms with Gasteiger partial charge in [0, 0.05) is 37.6 Å². The van der Waals surface area contributed by atoms with Crippen molar-refractivity contribution in [3.05, 3.63) is 28.2 Å². The molecule has 4 rings (SSSR count). The lowest BCUT2D eigenvalue weighted by Crippen LogP contribution is -2.38. The van der Waals surface area contributed by atoms with Gasteiger partial charge in [-0.05, 0) is 12.8 Å². The number of rotatable bonds is 4. The molecule has 0 spiro atoms. The molecule has 2 aliphatic rings. The Balaban J connectivity index is 1.43. The lowest BCUT2D eigenvalue weighted by atomic mass is 9.85. The number of hydrogen-bond donors (Lipinski definition) is 0. The van der Waals surface area contributed by atoms with Crippen molar-refractivity contribution in [1.82, 2.24) is 24.6 Å². The Bertz CT molecular complexity index is 622. The van der Waals surface area contributed by atoms with Gasteiger partial charge < -0.3 is 9.30 Å². The molecule has 2 fully saturated rings. The zero-order valence-electron chi connectivity index (χ0n) is 12.8. The van der Waals surface area contributed by atoms with Gasteiger partial charge >= 0.3 is 0 Å². The molecular formula is C15H21N5OS. The van der Waals surface area contributed by atoms with Crippen molar-refractivity contribution >= 4 is 11.3 Å². The Kier molecular flexibility index (Phi) is 3.94. The smallest absolute Gasteiger partial charge is 0.146 e. The van der Waals surface area contributed by atoms with Gasteiger partial charge in [0.2, 0.25) is 0 Å². The van der Waals surface area contributed by atoms with Crippen LogP contribution in [0, 0.1) is 0 Å². The summed E-state index contributed by atoms with van der Waals surface area (Å²) in [6.45, 7) is 3.39. The van der Waals surface area contributed by atoms with Crippen molar-refractivity contribution in [2.45, 2.75) is 37.8 Å². The van der Waals surface area contributed by atoms with Gasteiger partial charge in [-0.1, -0.05) is 6.42 Å². The molecule has 0 amide bonds. The number of ether oxygens (including phenoxy) is 1. The van der Waals surface area contributed by atoms with Gasteiger partial charge in [-0.3, -0.25) is 4.90 Å². The lowest BCUT2D eigenvalue weighted by molar-refractivity contribution is -0.0340. The Labute approximate surface area is 134 Å². The third-order valence-electron chi connectivity index (χ3n) is 4.71. The molecule has 0 bridgehead atoms. The number of thiazole rings is 1. The standard InChI is InChI=1S/C15H21N5OS/c1-19-13(17-18-14(19)11-3-2-4-11)10-20-6-7-21-12(9-20)15-16-5-8-22-15/h5,8,11-12H,2-4,6-7,9-10H2,1H3/t12-/m0/s1. The monoisotopic (exact) mass is 319 g/mol. The zero-order chi connectivity index (χ0) is 14.9. The second kappa shape index (κ2) is 6.06. The summed E-state index contributed by atoms with van der Waals surface area (Å²) in [6.07, 6.45) is 5.78. The van der Waals surface area contributed by atoms with Gasteiger partial charge in [-0.2, -0.15) is 0 Å². The van der Waals surface area contributed by atoms with Crippen LogP contribution in [0.15, 0.2) is 11.6 Å². The van der Waals surface area contributed by atoms with E-state index >= 15 is 0 Å². The van der Waals surface area contributed by atoms with E-state index in [9.17, 15) is 0 Å². The van der Waals surface area contributed by atoms with Crippen molar-refractivity contribution in [3.63, 3.8) is 0 Å². The van der Waals surface area contributed by atoms with Crippen LogP contribution in [0.1, 0.15) is 47.9 Å². The van der Waals surface area contributed by atoms with Crippen LogP contribution in [0.5, 0.6) is 0 Å². The summed E-state index contributed by atoms with van der Waals surface area (Å²) in [4.78, 5) is 6.77. The van der Waals surface area contributed by atoms with Crippen LogP contribution in [0.2, 0.25) is 0 Å². The van der Waals surface area contributed by atoms with Gasteiger partial charge in [0.1, 0.15) is 22.8 Å². The first-order valence-electron chi connectivity index (χ1n) is 7.93. The third-order valence-corrected chi connectivity index (χ3v) is 5.58. The minimum absolute atomic E-state index is 0.0908. The molecule has 2 aromatic rings. The van der Waals surface area contributed by atoms with E-state index in [0.29, 0.717) is 5.92 Å². The molecule has 0 aromatic carbocycles. The second-order valence-electron chi connectivity index (χ2n) is 6.13.